The first-order valence-corrected chi connectivity index (χ1v) is 7.25. The van der Waals surface area contributed by atoms with Gasteiger partial charge in [0.2, 0.25) is 0 Å². The van der Waals surface area contributed by atoms with Crippen LogP contribution in [0.2, 0.25) is 0 Å². The average Bonchev–Trinajstić information content (AvgIpc) is 2.54. The van der Waals surface area contributed by atoms with Crippen molar-refractivity contribution in [2.45, 2.75) is 0 Å². The molecule has 0 saturated heterocycles. The second-order valence-corrected chi connectivity index (χ2v) is 5.40. The molecule has 0 amide bonds. The summed E-state index contributed by atoms with van der Waals surface area (Å²) in [5, 5.41) is 20.4. The topological polar surface area (TPSA) is 89.7 Å². The molecule has 23 heavy (non-hydrogen) atoms. The van der Waals surface area contributed by atoms with Crippen molar-refractivity contribution < 1.29 is 19.6 Å². The lowest BCUT2D eigenvalue weighted by molar-refractivity contribution is -0.384. The summed E-state index contributed by atoms with van der Waals surface area (Å²) < 4.78 is 5.59. The zero-order chi connectivity index (χ0) is 17.0. The van der Waals surface area contributed by atoms with Crippen LogP contribution >= 0.6 is 15.9 Å². The van der Waals surface area contributed by atoms with Crippen molar-refractivity contribution in [3.63, 3.8) is 0 Å². The van der Waals surface area contributed by atoms with Gasteiger partial charge in [-0.25, -0.2) is 0 Å². The molecule has 2 rings (SSSR count). The van der Waals surface area contributed by atoms with E-state index in [1.807, 2.05) is 0 Å². The third-order valence-corrected chi connectivity index (χ3v) is 3.74. The first kappa shape index (κ1) is 16.7. The summed E-state index contributed by atoms with van der Waals surface area (Å²) in [6.45, 7) is 0. The van der Waals surface area contributed by atoms with Crippen LogP contribution in [0, 0.1) is 10.1 Å². The Hall–Kier alpha value is -2.67. The molecule has 2 aromatic carbocycles. The molecule has 1 N–H and O–H groups in total. The highest BCUT2D eigenvalue weighted by atomic mass is 79.9. The number of hydrogen-bond donors (Lipinski definition) is 1. The summed E-state index contributed by atoms with van der Waals surface area (Å²) >= 11 is 3.28. The molecule has 0 atom stereocenters. The number of hydrogen-bond acceptors (Lipinski definition) is 5. The van der Waals surface area contributed by atoms with Crippen LogP contribution in [-0.4, -0.2) is 22.9 Å². The van der Waals surface area contributed by atoms with Gasteiger partial charge in [-0.3, -0.25) is 14.9 Å². The Morgan fingerprint density at radius 1 is 1.35 bits per heavy atom. The van der Waals surface area contributed by atoms with Crippen LogP contribution in [0.3, 0.4) is 0 Å². The molecule has 7 heteroatoms. The maximum atomic E-state index is 12.1. The van der Waals surface area contributed by atoms with Gasteiger partial charge in [0.05, 0.1) is 12.0 Å². The fraction of sp³-hybridized carbons (Fsp3) is 0.0625. The molecule has 0 aliphatic heterocycles. The molecule has 0 aromatic heterocycles. The molecule has 0 saturated carbocycles. The molecule has 0 bridgehead atoms. The Labute approximate surface area is 140 Å². The predicted molar refractivity (Wildman–Crippen MR) is 88.8 cm³/mol. The van der Waals surface area contributed by atoms with E-state index in [-0.39, 0.29) is 28.5 Å². The molecular weight excluding hydrogens is 366 g/mol. The Morgan fingerprint density at radius 3 is 2.74 bits per heavy atom. The summed E-state index contributed by atoms with van der Waals surface area (Å²) in [5.74, 6) is -0.121. The van der Waals surface area contributed by atoms with Gasteiger partial charge in [-0.1, -0.05) is 28.1 Å². The van der Waals surface area contributed by atoms with Crippen molar-refractivity contribution >= 4 is 33.5 Å². The monoisotopic (exact) mass is 377 g/mol. The third kappa shape index (κ3) is 3.95. The van der Waals surface area contributed by atoms with Gasteiger partial charge in [0.15, 0.2) is 17.3 Å². The molecule has 0 heterocycles. The van der Waals surface area contributed by atoms with Crippen molar-refractivity contribution in [3.05, 3.63) is 68.2 Å². The van der Waals surface area contributed by atoms with Crippen LogP contribution in [-0.2, 0) is 0 Å². The number of phenols is 1. The minimum absolute atomic E-state index is 0.0264. The number of ether oxygens (including phenoxy) is 1. The Morgan fingerprint density at radius 2 is 2.09 bits per heavy atom. The molecule has 6 nitrogen and oxygen atoms in total. The van der Waals surface area contributed by atoms with Gasteiger partial charge in [0.25, 0.3) is 5.69 Å². The maximum absolute atomic E-state index is 12.1. The quantitative estimate of drug-likeness (QED) is 0.368. The van der Waals surface area contributed by atoms with E-state index in [0.717, 1.165) is 0 Å². The van der Waals surface area contributed by atoms with E-state index < -0.39 is 4.92 Å². The van der Waals surface area contributed by atoms with Crippen molar-refractivity contribution in [3.8, 4) is 11.5 Å². The van der Waals surface area contributed by atoms with Crippen LogP contribution in [0.15, 0.2) is 46.9 Å². The Kier molecular flexibility index (Phi) is 5.13. The van der Waals surface area contributed by atoms with E-state index in [9.17, 15) is 20.0 Å². The van der Waals surface area contributed by atoms with Gasteiger partial charge in [-0.15, -0.1) is 0 Å². The van der Waals surface area contributed by atoms with Crippen molar-refractivity contribution in [2.24, 2.45) is 0 Å². The minimum atomic E-state index is -0.554. The molecule has 0 aliphatic carbocycles. The van der Waals surface area contributed by atoms with Crippen molar-refractivity contribution in [1.82, 2.24) is 0 Å². The Balaban J connectivity index is 2.28. The third-order valence-electron chi connectivity index (χ3n) is 3.05. The number of nitro benzene ring substituents is 1. The van der Waals surface area contributed by atoms with Gasteiger partial charge in [-0.2, -0.15) is 0 Å². The van der Waals surface area contributed by atoms with Crippen LogP contribution in [0.1, 0.15) is 15.9 Å². The SMILES string of the molecule is COc1cc(C=CC(=O)c2cccc([N+](=O)[O-])c2)c(Br)cc1O. The molecule has 0 spiro atoms. The number of nitro groups is 1. The highest BCUT2D eigenvalue weighted by Gasteiger charge is 2.10. The molecule has 2 aromatic rings. The van der Waals surface area contributed by atoms with E-state index in [4.69, 9.17) is 4.74 Å². The van der Waals surface area contributed by atoms with Gasteiger partial charge in [0, 0.05) is 22.2 Å². The number of carbonyl (C=O) groups excluding carboxylic acids is 1. The summed E-state index contributed by atoms with van der Waals surface area (Å²) in [6.07, 6.45) is 2.84. The number of ketones is 1. The smallest absolute Gasteiger partial charge is 0.270 e. The van der Waals surface area contributed by atoms with Crippen LogP contribution < -0.4 is 4.74 Å². The minimum Gasteiger partial charge on any atom is -0.504 e. The lowest BCUT2D eigenvalue weighted by atomic mass is 10.1. The van der Waals surface area contributed by atoms with E-state index >= 15 is 0 Å². The van der Waals surface area contributed by atoms with E-state index in [0.29, 0.717) is 10.0 Å². The van der Waals surface area contributed by atoms with Gasteiger partial charge in [0.1, 0.15) is 0 Å². The summed E-state index contributed by atoms with van der Waals surface area (Å²) in [4.78, 5) is 22.3. The van der Waals surface area contributed by atoms with E-state index in [1.165, 1.54) is 49.6 Å². The molecular formula is C16H12BrNO5. The van der Waals surface area contributed by atoms with E-state index in [1.54, 1.807) is 6.07 Å². The van der Waals surface area contributed by atoms with Crippen LogP contribution in [0.4, 0.5) is 5.69 Å². The molecule has 0 radical (unpaired) electrons. The number of allylic oxidation sites excluding steroid dienone is 1. The number of phenolic OH excluding ortho intramolecular Hbond substituents is 1. The van der Waals surface area contributed by atoms with Gasteiger partial charge < -0.3 is 9.84 Å². The summed E-state index contributed by atoms with van der Waals surface area (Å²) in [6, 6.07) is 8.53. The number of non-ortho nitro benzene ring substituents is 1. The van der Waals surface area contributed by atoms with Crippen LogP contribution in [0.5, 0.6) is 11.5 Å². The number of nitrogens with zero attached hydrogens (tertiary/aromatic N) is 1. The lowest BCUT2D eigenvalue weighted by Gasteiger charge is -2.06. The second-order valence-electron chi connectivity index (χ2n) is 4.55. The predicted octanol–water partition coefficient (Wildman–Crippen LogP) is 3.97. The highest BCUT2D eigenvalue weighted by molar-refractivity contribution is 9.10. The normalized spacial score (nSPS) is 10.7. The number of methoxy groups -OCH3 is 1. The van der Waals surface area contributed by atoms with Crippen LogP contribution in [0.25, 0.3) is 6.08 Å². The molecule has 118 valence electrons. The fourth-order valence-corrected chi connectivity index (χ4v) is 2.35. The number of benzene rings is 2. The standard InChI is InChI=1S/C16H12BrNO5/c1-23-16-8-10(13(17)9-15(16)20)5-6-14(19)11-3-2-4-12(7-11)18(21)22/h2-9,20H,1H3. The first-order valence-electron chi connectivity index (χ1n) is 6.45. The zero-order valence-electron chi connectivity index (χ0n) is 12.0. The highest BCUT2D eigenvalue weighted by Crippen LogP contribution is 2.33. The molecule has 0 unspecified atom stereocenters. The van der Waals surface area contributed by atoms with Crippen molar-refractivity contribution in [1.29, 1.82) is 0 Å². The second kappa shape index (κ2) is 7.06. The molecule has 0 aliphatic rings. The number of halogens is 1. The molecule has 0 fully saturated rings. The summed E-state index contributed by atoms with van der Waals surface area (Å²) in [5.41, 5.74) is 0.701. The maximum Gasteiger partial charge on any atom is 0.270 e. The zero-order valence-corrected chi connectivity index (χ0v) is 13.6. The number of rotatable bonds is 5. The largest absolute Gasteiger partial charge is 0.504 e. The van der Waals surface area contributed by atoms with Crippen molar-refractivity contribution in [2.75, 3.05) is 7.11 Å². The average molecular weight is 378 g/mol. The first-order chi connectivity index (χ1) is 10.9. The number of aromatic hydroxyl groups is 1. The fourth-order valence-electron chi connectivity index (χ4n) is 1.88. The lowest BCUT2D eigenvalue weighted by Crippen LogP contribution is -1.96. The van der Waals surface area contributed by atoms with Gasteiger partial charge in [-0.05, 0) is 29.8 Å². The van der Waals surface area contributed by atoms with Gasteiger partial charge >= 0.3 is 0 Å². The summed E-state index contributed by atoms with van der Waals surface area (Å²) in [7, 11) is 1.42. The number of carbonyl (C=O) groups is 1. The van der Waals surface area contributed by atoms with E-state index in [2.05, 4.69) is 15.9 Å². The Bertz CT molecular complexity index is 801.